The van der Waals surface area contributed by atoms with Gasteiger partial charge in [0.15, 0.2) is 5.17 Å². The molecule has 1 heterocycles. The Morgan fingerprint density at radius 2 is 2.40 bits per heavy atom. The molecule has 0 saturated heterocycles. The molecule has 0 aliphatic carbocycles. The second-order valence-electron chi connectivity index (χ2n) is 3.18. The summed E-state index contributed by atoms with van der Waals surface area (Å²) in [6.07, 6.45) is 5.68. The Labute approximate surface area is 95.6 Å². The van der Waals surface area contributed by atoms with E-state index in [0.717, 1.165) is 17.3 Å². The van der Waals surface area contributed by atoms with Gasteiger partial charge in [0.2, 0.25) is 0 Å². The molecule has 0 fully saturated rings. The molecule has 82 valence electrons. The predicted molar refractivity (Wildman–Crippen MR) is 67.2 cm³/mol. The number of thioether (sulfide) groups is 1. The van der Waals surface area contributed by atoms with Crippen LogP contribution < -0.4 is 0 Å². The van der Waals surface area contributed by atoms with E-state index in [1.54, 1.807) is 18.0 Å². The Bertz CT molecular complexity index is 311. The molecule has 4 heteroatoms. The highest BCUT2D eigenvalue weighted by Crippen LogP contribution is 2.06. The predicted octanol–water partition coefficient (Wildman–Crippen LogP) is 2.25. The Hall–Kier alpha value is -1.03. The molecule has 0 spiro atoms. The van der Waals surface area contributed by atoms with Crippen LogP contribution in [-0.2, 0) is 6.54 Å². The third kappa shape index (κ3) is 3.91. The molecule has 0 bridgehead atoms. The first-order valence-electron chi connectivity index (χ1n) is 4.96. The molecule has 15 heavy (non-hydrogen) atoms. The van der Waals surface area contributed by atoms with Crippen LogP contribution in [0.2, 0.25) is 0 Å². The van der Waals surface area contributed by atoms with Crippen LogP contribution >= 0.6 is 11.8 Å². The lowest BCUT2D eigenvalue weighted by Crippen LogP contribution is -2.23. The number of nitrogens with zero attached hydrogens (tertiary/aromatic N) is 3. The number of rotatable bonds is 3. The van der Waals surface area contributed by atoms with Crippen molar-refractivity contribution in [1.82, 2.24) is 9.88 Å². The summed E-state index contributed by atoms with van der Waals surface area (Å²) in [7, 11) is 2.05. The van der Waals surface area contributed by atoms with Gasteiger partial charge in [0.1, 0.15) is 0 Å². The first-order valence-corrected chi connectivity index (χ1v) is 6.19. The van der Waals surface area contributed by atoms with Gasteiger partial charge in [-0.3, -0.25) is 9.98 Å². The van der Waals surface area contributed by atoms with Gasteiger partial charge >= 0.3 is 0 Å². The molecule has 0 aliphatic rings. The molecule has 1 rings (SSSR count). The fourth-order valence-corrected chi connectivity index (χ4v) is 1.76. The van der Waals surface area contributed by atoms with Crippen LogP contribution in [0.4, 0.5) is 0 Å². The van der Waals surface area contributed by atoms with Gasteiger partial charge in [0.25, 0.3) is 0 Å². The maximum atomic E-state index is 4.55. The maximum absolute atomic E-state index is 4.55. The van der Waals surface area contributed by atoms with Gasteiger partial charge in [0.05, 0.1) is 6.54 Å². The topological polar surface area (TPSA) is 28.5 Å². The normalized spacial score (nSPS) is 11.5. The molecule has 0 saturated carbocycles. The zero-order valence-corrected chi connectivity index (χ0v) is 10.3. The van der Waals surface area contributed by atoms with E-state index in [1.165, 1.54) is 0 Å². The average molecular weight is 223 g/mol. The van der Waals surface area contributed by atoms with Crippen LogP contribution in [-0.4, -0.2) is 34.9 Å². The van der Waals surface area contributed by atoms with E-state index in [9.17, 15) is 0 Å². The minimum absolute atomic E-state index is 0.703. The summed E-state index contributed by atoms with van der Waals surface area (Å²) in [5.74, 6) is 0. The van der Waals surface area contributed by atoms with E-state index in [0.29, 0.717) is 6.54 Å². The van der Waals surface area contributed by atoms with Crippen molar-refractivity contribution in [3.05, 3.63) is 30.1 Å². The SMILES string of the molecule is CCN(C)C(=NCc1cccnc1)SC. The van der Waals surface area contributed by atoms with E-state index in [2.05, 4.69) is 28.8 Å². The molecule has 0 N–H and O–H groups in total. The number of amidine groups is 1. The molecule has 0 radical (unpaired) electrons. The van der Waals surface area contributed by atoms with Crippen LogP contribution in [0.5, 0.6) is 0 Å². The van der Waals surface area contributed by atoms with Crippen molar-refractivity contribution in [2.45, 2.75) is 13.5 Å². The van der Waals surface area contributed by atoms with Crippen LogP contribution in [0.1, 0.15) is 12.5 Å². The molecule has 0 aliphatic heterocycles. The zero-order valence-electron chi connectivity index (χ0n) is 9.47. The van der Waals surface area contributed by atoms with Crippen LogP contribution in [0.25, 0.3) is 0 Å². The molecule has 0 atom stereocenters. The molecule has 0 amide bonds. The molecule has 0 aromatic carbocycles. The monoisotopic (exact) mass is 223 g/mol. The summed E-state index contributed by atoms with van der Waals surface area (Å²) >= 11 is 1.68. The summed E-state index contributed by atoms with van der Waals surface area (Å²) in [5.41, 5.74) is 1.15. The van der Waals surface area contributed by atoms with Crippen molar-refractivity contribution >= 4 is 16.9 Å². The first-order chi connectivity index (χ1) is 7.27. The van der Waals surface area contributed by atoms with Crippen LogP contribution in [0.3, 0.4) is 0 Å². The molecule has 0 unspecified atom stereocenters. The summed E-state index contributed by atoms with van der Waals surface area (Å²) < 4.78 is 0. The Morgan fingerprint density at radius 3 is 2.93 bits per heavy atom. The van der Waals surface area contributed by atoms with Crippen molar-refractivity contribution in [2.24, 2.45) is 4.99 Å². The number of hydrogen-bond donors (Lipinski definition) is 0. The smallest absolute Gasteiger partial charge is 0.158 e. The van der Waals surface area contributed by atoms with Gasteiger partial charge in [-0.05, 0) is 24.8 Å². The Morgan fingerprint density at radius 1 is 1.60 bits per heavy atom. The third-order valence-electron chi connectivity index (χ3n) is 2.10. The second kappa shape index (κ2) is 6.45. The van der Waals surface area contributed by atoms with Crippen LogP contribution in [0.15, 0.2) is 29.5 Å². The van der Waals surface area contributed by atoms with Gasteiger partial charge in [-0.1, -0.05) is 17.8 Å². The molecule has 1 aromatic rings. The summed E-state index contributed by atoms with van der Waals surface area (Å²) in [5, 5.41) is 1.07. The van der Waals surface area contributed by atoms with Crippen molar-refractivity contribution in [2.75, 3.05) is 19.8 Å². The van der Waals surface area contributed by atoms with Gasteiger partial charge < -0.3 is 4.90 Å². The molecule has 1 aromatic heterocycles. The Kier molecular flexibility index (Phi) is 5.18. The fraction of sp³-hybridized carbons (Fsp3) is 0.455. The van der Waals surface area contributed by atoms with Crippen molar-refractivity contribution in [3.63, 3.8) is 0 Å². The number of pyridine rings is 1. The zero-order chi connectivity index (χ0) is 11.1. The van der Waals surface area contributed by atoms with E-state index in [4.69, 9.17) is 0 Å². The minimum atomic E-state index is 0.703. The maximum Gasteiger partial charge on any atom is 0.158 e. The lowest BCUT2D eigenvalue weighted by Gasteiger charge is -2.17. The lowest BCUT2D eigenvalue weighted by molar-refractivity contribution is 0.543. The first kappa shape index (κ1) is 12.0. The van der Waals surface area contributed by atoms with E-state index < -0.39 is 0 Å². The average Bonchev–Trinajstić information content (AvgIpc) is 2.31. The molecular formula is C11H17N3S. The Balaban J connectivity index is 2.62. The summed E-state index contributed by atoms with van der Waals surface area (Å²) in [6, 6.07) is 3.98. The quantitative estimate of drug-likeness (QED) is 0.581. The van der Waals surface area contributed by atoms with Gasteiger partial charge in [-0.25, -0.2) is 0 Å². The molecule has 3 nitrogen and oxygen atoms in total. The summed E-state index contributed by atoms with van der Waals surface area (Å²) in [6.45, 7) is 3.80. The van der Waals surface area contributed by atoms with E-state index in [-0.39, 0.29) is 0 Å². The van der Waals surface area contributed by atoms with Crippen molar-refractivity contribution < 1.29 is 0 Å². The van der Waals surface area contributed by atoms with Gasteiger partial charge in [-0.15, -0.1) is 0 Å². The minimum Gasteiger partial charge on any atom is -0.355 e. The van der Waals surface area contributed by atoms with E-state index in [1.807, 2.05) is 24.6 Å². The van der Waals surface area contributed by atoms with E-state index >= 15 is 0 Å². The second-order valence-corrected chi connectivity index (χ2v) is 3.95. The number of aromatic nitrogens is 1. The number of aliphatic imine (C=N–C) groups is 1. The van der Waals surface area contributed by atoms with Crippen molar-refractivity contribution in [1.29, 1.82) is 0 Å². The molecular weight excluding hydrogens is 206 g/mol. The largest absolute Gasteiger partial charge is 0.355 e. The highest BCUT2D eigenvalue weighted by molar-refractivity contribution is 8.13. The lowest BCUT2D eigenvalue weighted by atomic mass is 10.3. The van der Waals surface area contributed by atoms with Crippen LogP contribution in [0, 0.1) is 0 Å². The summed E-state index contributed by atoms with van der Waals surface area (Å²) in [4.78, 5) is 10.8. The van der Waals surface area contributed by atoms with Crippen molar-refractivity contribution in [3.8, 4) is 0 Å². The highest BCUT2D eigenvalue weighted by atomic mass is 32.2. The highest BCUT2D eigenvalue weighted by Gasteiger charge is 2.01. The fourth-order valence-electron chi connectivity index (χ4n) is 1.13. The standard InChI is InChI=1S/C11H17N3S/c1-4-14(2)11(15-3)13-9-10-6-5-7-12-8-10/h5-8H,4,9H2,1-3H3. The number of hydrogen-bond acceptors (Lipinski definition) is 3. The third-order valence-corrected chi connectivity index (χ3v) is 2.91. The van der Waals surface area contributed by atoms with Gasteiger partial charge in [-0.2, -0.15) is 0 Å². The van der Waals surface area contributed by atoms with Gasteiger partial charge in [0, 0.05) is 26.0 Å².